The van der Waals surface area contributed by atoms with Crippen LogP contribution in [0.2, 0.25) is 0 Å². The lowest BCUT2D eigenvalue weighted by molar-refractivity contribution is 0.0275. The average molecular weight is 292 g/mol. The van der Waals surface area contributed by atoms with E-state index in [1.807, 2.05) is 25.7 Å². The molecule has 2 fully saturated rings. The molecule has 0 N–H and O–H groups in total. The standard InChI is InChI=1S/C17H28N2O2/c1-5-11-19(14-8-6-7-9-14)15-10-12-18(13-15)16(20)21-17(2,3)4/h1,14-15H,6-13H2,2-4H3. The zero-order valence-corrected chi connectivity index (χ0v) is 13.6. The summed E-state index contributed by atoms with van der Waals surface area (Å²) in [6.45, 7) is 7.92. The van der Waals surface area contributed by atoms with Crippen LogP contribution in [0.3, 0.4) is 0 Å². The van der Waals surface area contributed by atoms with Gasteiger partial charge in [-0.1, -0.05) is 18.8 Å². The minimum Gasteiger partial charge on any atom is -0.444 e. The van der Waals surface area contributed by atoms with Gasteiger partial charge in [0.1, 0.15) is 5.60 Å². The summed E-state index contributed by atoms with van der Waals surface area (Å²) >= 11 is 0. The summed E-state index contributed by atoms with van der Waals surface area (Å²) < 4.78 is 5.46. The van der Waals surface area contributed by atoms with Gasteiger partial charge in [0, 0.05) is 25.2 Å². The number of likely N-dealkylation sites (tertiary alicyclic amines) is 1. The van der Waals surface area contributed by atoms with Gasteiger partial charge in [0.05, 0.1) is 6.54 Å². The fourth-order valence-corrected chi connectivity index (χ4v) is 3.40. The molecule has 0 bridgehead atoms. The summed E-state index contributed by atoms with van der Waals surface area (Å²) in [5.74, 6) is 2.80. The molecule has 1 unspecified atom stereocenters. The molecule has 0 aromatic rings. The first-order valence-electron chi connectivity index (χ1n) is 8.08. The Bertz CT molecular complexity index is 402. The van der Waals surface area contributed by atoms with Crippen LogP contribution < -0.4 is 0 Å². The van der Waals surface area contributed by atoms with E-state index >= 15 is 0 Å². The molecule has 1 aliphatic heterocycles. The van der Waals surface area contributed by atoms with Crippen LogP contribution in [-0.2, 0) is 4.74 Å². The Morgan fingerprint density at radius 3 is 2.52 bits per heavy atom. The molecule has 1 amide bonds. The predicted molar refractivity (Wildman–Crippen MR) is 84.0 cm³/mol. The number of ether oxygens (including phenoxy) is 1. The summed E-state index contributed by atoms with van der Waals surface area (Å²) in [6.07, 6.45) is 11.4. The van der Waals surface area contributed by atoms with Crippen LogP contribution in [0.15, 0.2) is 0 Å². The van der Waals surface area contributed by atoms with Crippen molar-refractivity contribution in [3.05, 3.63) is 0 Å². The van der Waals surface area contributed by atoms with Crippen LogP contribution in [0.25, 0.3) is 0 Å². The highest BCUT2D eigenvalue weighted by molar-refractivity contribution is 5.68. The Morgan fingerprint density at radius 2 is 1.95 bits per heavy atom. The first kappa shape index (κ1) is 16.2. The molecule has 2 rings (SSSR count). The lowest BCUT2D eigenvalue weighted by Crippen LogP contribution is -2.44. The third-order valence-electron chi connectivity index (χ3n) is 4.35. The van der Waals surface area contributed by atoms with Gasteiger partial charge in [-0.25, -0.2) is 4.79 Å². The first-order valence-corrected chi connectivity index (χ1v) is 8.08. The normalized spacial score (nSPS) is 23.6. The molecule has 1 heterocycles. The monoisotopic (exact) mass is 292 g/mol. The predicted octanol–water partition coefficient (Wildman–Crippen LogP) is 2.87. The maximum absolute atomic E-state index is 12.2. The molecule has 21 heavy (non-hydrogen) atoms. The van der Waals surface area contributed by atoms with Crippen LogP contribution in [0.1, 0.15) is 52.9 Å². The minimum absolute atomic E-state index is 0.197. The van der Waals surface area contributed by atoms with Crippen molar-refractivity contribution in [3.8, 4) is 12.3 Å². The van der Waals surface area contributed by atoms with Crippen molar-refractivity contribution in [1.29, 1.82) is 0 Å². The van der Waals surface area contributed by atoms with Gasteiger partial charge in [0.2, 0.25) is 0 Å². The smallest absolute Gasteiger partial charge is 0.410 e. The fourth-order valence-electron chi connectivity index (χ4n) is 3.40. The second-order valence-corrected chi connectivity index (χ2v) is 7.18. The summed E-state index contributed by atoms with van der Waals surface area (Å²) in [4.78, 5) is 16.4. The molecule has 0 spiro atoms. The van der Waals surface area contributed by atoms with Crippen LogP contribution in [0.4, 0.5) is 4.79 Å². The van der Waals surface area contributed by atoms with Crippen LogP contribution in [-0.4, -0.2) is 53.2 Å². The Balaban J connectivity index is 1.93. The van der Waals surface area contributed by atoms with Crippen molar-refractivity contribution >= 4 is 6.09 Å². The lowest BCUT2D eigenvalue weighted by atomic mass is 10.1. The highest BCUT2D eigenvalue weighted by Crippen LogP contribution is 2.28. The van der Waals surface area contributed by atoms with E-state index in [9.17, 15) is 4.79 Å². The molecule has 1 atom stereocenters. The maximum atomic E-state index is 12.2. The third-order valence-corrected chi connectivity index (χ3v) is 4.35. The molecule has 4 heteroatoms. The van der Waals surface area contributed by atoms with E-state index < -0.39 is 5.60 Å². The summed E-state index contributed by atoms with van der Waals surface area (Å²) in [7, 11) is 0. The van der Waals surface area contributed by atoms with Gasteiger partial charge >= 0.3 is 6.09 Å². The molecular formula is C17H28N2O2. The molecule has 0 aromatic carbocycles. The topological polar surface area (TPSA) is 32.8 Å². The number of carbonyl (C=O) groups excluding carboxylic acids is 1. The van der Waals surface area contributed by atoms with Crippen LogP contribution in [0.5, 0.6) is 0 Å². The number of rotatable bonds is 3. The van der Waals surface area contributed by atoms with Gasteiger partial charge in [-0.05, 0) is 40.0 Å². The van der Waals surface area contributed by atoms with Crippen molar-refractivity contribution in [1.82, 2.24) is 9.80 Å². The average Bonchev–Trinajstić information content (AvgIpc) is 3.05. The van der Waals surface area contributed by atoms with E-state index in [0.29, 0.717) is 18.6 Å². The lowest BCUT2D eigenvalue weighted by Gasteiger charge is -2.33. The number of hydrogen-bond acceptors (Lipinski definition) is 3. The van der Waals surface area contributed by atoms with E-state index in [0.717, 1.165) is 19.5 Å². The number of carbonyl (C=O) groups is 1. The molecular weight excluding hydrogens is 264 g/mol. The van der Waals surface area contributed by atoms with E-state index in [2.05, 4.69) is 10.8 Å². The van der Waals surface area contributed by atoms with E-state index in [4.69, 9.17) is 11.2 Å². The van der Waals surface area contributed by atoms with Crippen molar-refractivity contribution < 1.29 is 9.53 Å². The van der Waals surface area contributed by atoms with Gasteiger partial charge in [-0.15, -0.1) is 6.42 Å². The Morgan fingerprint density at radius 1 is 1.29 bits per heavy atom. The zero-order valence-electron chi connectivity index (χ0n) is 13.6. The highest BCUT2D eigenvalue weighted by atomic mass is 16.6. The minimum atomic E-state index is -0.431. The van der Waals surface area contributed by atoms with Gasteiger partial charge in [0.25, 0.3) is 0 Å². The molecule has 1 saturated heterocycles. The second-order valence-electron chi connectivity index (χ2n) is 7.18. The Kier molecular flexibility index (Phi) is 5.16. The van der Waals surface area contributed by atoms with E-state index in [-0.39, 0.29) is 6.09 Å². The van der Waals surface area contributed by atoms with Crippen molar-refractivity contribution in [3.63, 3.8) is 0 Å². The molecule has 1 aliphatic carbocycles. The number of hydrogen-bond donors (Lipinski definition) is 0. The quantitative estimate of drug-likeness (QED) is 0.750. The van der Waals surface area contributed by atoms with Crippen molar-refractivity contribution in [2.24, 2.45) is 0 Å². The summed E-state index contributed by atoms with van der Waals surface area (Å²) in [5.41, 5.74) is -0.431. The maximum Gasteiger partial charge on any atom is 0.410 e. The molecule has 118 valence electrons. The molecule has 0 radical (unpaired) electrons. The third kappa shape index (κ3) is 4.38. The highest BCUT2D eigenvalue weighted by Gasteiger charge is 2.35. The van der Waals surface area contributed by atoms with Crippen LogP contribution in [0, 0.1) is 12.3 Å². The number of terminal acetylenes is 1. The Labute approximate surface area is 128 Å². The largest absolute Gasteiger partial charge is 0.444 e. The first-order chi connectivity index (χ1) is 9.90. The van der Waals surface area contributed by atoms with Crippen LogP contribution >= 0.6 is 0 Å². The van der Waals surface area contributed by atoms with Gasteiger partial charge in [-0.2, -0.15) is 0 Å². The van der Waals surface area contributed by atoms with E-state index in [1.165, 1.54) is 25.7 Å². The molecule has 1 saturated carbocycles. The number of nitrogens with zero attached hydrogens (tertiary/aromatic N) is 2. The van der Waals surface area contributed by atoms with Gasteiger partial charge in [-0.3, -0.25) is 4.90 Å². The van der Waals surface area contributed by atoms with Crippen molar-refractivity contribution in [2.45, 2.75) is 70.6 Å². The molecule has 0 aromatic heterocycles. The summed E-state index contributed by atoms with van der Waals surface area (Å²) in [5, 5.41) is 0. The van der Waals surface area contributed by atoms with Gasteiger partial charge < -0.3 is 9.64 Å². The fraction of sp³-hybridized carbons (Fsp3) is 0.824. The SMILES string of the molecule is C#CCN(C1CCCC1)C1CCN(C(=O)OC(C)(C)C)C1. The Hall–Kier alpha value is -1.21. The molecule has 4 nitrogen and oxygen atoms in total. The van der Waals surface area contributed by atoms with E-state index in [1.54, 1.807) is 0 Å². The summed E-state index contributed by atoms with van der Waals surface area (Å²) in [6, 6.07) is 0.987. The van der Waals surface area contributed by atoms with Crippen molar-refractivity contribution in [2.75, 3.05) is 19.6 Å². The number of amides is 1. The van der Waals surface area contributed by atoms with Gasteiger partial charge in [0.15, 0.2) is 0 Å². The second kappa shape index (κ2) is 6.70. The zero-order chi connectivity index (χ0) is 15.5. The molecule has 2 aliphatic rings.